The van der Waals surface area contributed by atoms with Crippen LogP contribution in [0, 0.1) is 0 Å². The average Bonchev–Trinajstić information content (AvgIpc) is 2.20. The number of nitrogens with two attached hydrogens (primary N) is 1. The number of allylic oxidation sites excluding steroid dienone is 2. The fourth-order valence-corrected chi connectivity index (χ4v) is 2.18. The van der Waals surface area contributed by atoms with Crippen LogP contribution in [-0.2, 0) is 0 Å². The van der Waals surface area contributed by atoms with Crippen molar-refractivity contribution in [3.63, 3.8) is 0 Å². The van der Waals surface area contributed by atoms with Crippen molar-refractivity contribution in [2.45, 2.75) is 25.0 Å². The van der Waals surface area contributed by atoms with Gasteiger partial charge in [0.15, 0.2) is 0 Å². The van der Waals surface area contributed by atoms with E-state index in [-0.39, 0.29) is 6.17 Å². The van der Waals surface area contributed by atoms with Gasteiger partial charge in [0.1, 0.15) is 0 Å². The van der Waals surface area contributed by atoms with Crippen LogP contribution in [0.15, 0.2) is 24.4 Å². The Hall–Kier alpha value is -0.800. The zero-order valence-corrected chi connectivity index (χ0v) is 8.76. The zero-order chi connectivity index (χ0) is 9.97. The Morgan fingerprint density at radius 3 is 2.57 bits per heavy atom. The molecule has 1 unspecified atom stereocenters. The van der Waals surface area contributed by atoms with Crippen molar-refractivity contribution in [2.75, 3.05) is 20.1 Å². The van der Waals surface area contributed by atoms with E-state index in [0.29, 0.717) is 6.04 Å². The first-order valence-corrected chi connectivity index (χ1v) is 5.34. The molecule has 0 spiro atoms. The van der Waals surface area contributed by atoms with Crippen molar-refractivity contribution >= 4 is 0 Å². The molecule has 2 rings (SSSR count). The first-order chi connectivity index (χ1) is 6.77. The minimum atomic E-state index is 0.0772. The van der Waals surface area contributed by atoms with E-state index in [2.05, 4.69) is 35.2 Å². The van der Waals surface area contributed by atoms with Crippen molar-refractivity contribution in [3.05, 3.63) is 24.4 Å². The summed E-state index contributed by atoms with van der Waals surface area (Å²) < 4.78 is 0. The van der Waals surface area contributed by atoms with E-state index >= 15 is 0 Å². The molecule has 0 radical (unpaired) electrons. The molecule has 78 valence electrons. The van der Waals surface area contributed by atoms with Crippen LogP contribution in [0.5, 0.6) is 0 Å². The van der Waals surface area contributed by atoms with Gasteiger partial charge in [0, 0.05) is 12.2 Å². The molecule has 1 fully saturated rings. The molecule has 0 bridgehead atoms. The largest absolute Gasteiger partial charge is 0.356 e. The third-order valence-corrected chi connectivity index (χ3v) is 3.13. The lowest BCUT2D eigenvalue weighted by atomic mass is 10.0. The van der Waals surface area contributed by atoms with Gasteiger partial charge >= 0.3 is 0 Å². The number of piperidine rings is 1. The molecule has 0 aliphatic carbocycles. The molecule has 2 aliphatic rings. The topological polar surface area (TPSA) is 32.5 Å². The third kappa shape index (κ3) is 1.99. The van der Waals surface area contributed by atoms with Crippen LogP contribution in [0.1, 0.15) is 12.8 Å². The normalized spacial score (nSPS) is 29.9. The van der Waals surface area contributed by atoms with Gasteiger partial charge in [-0.15, -0.1) is 0 Å². The van der Waals surface area contributed by atoms with E-state index in [0.717, 1.165) is 0 Å². The third-order valence-electron chi connectivity index (χ3n) is 3.13. The standard InChI is InChI=1S/C11H19N3/c1-13-8-5-10(6-9-13)14-7-3-2-4-11(14)12/h2-4,7,10-11H,5-6,8-9,12H2,1H3. The van der Waals surface area contributed by atoms with Crippen LogP contribution in [0.3, 0.4) is 0 Å². The molecule has 2 aliphatic heterocycles. The number of rotatable bonds is 1. The summed E-state index contributed by atoms with van der Waals surface area (Å²) in [5.74, 6) is 0. The quantitative estimate of drug-likeness (QED) is 0.667. The van der Waals surface area contributed by atoms with Gasteiger partial charge in [-0.05, 0) is 45.1 Å². The first kappa shape index (κ1) is 9.74. The second-order valence-electron chi connectivity index (χ2n) is 4.20. The molecule has 0 aromatic carbocycles. The van der Waals surface area contributed by atoms with Crippen LogP contribution in [0.2, 0.25) is 0 Å². The number of nitrogens with zero attached hydrogens (tertiary/aromatic N) is 2. The lowest BCUT2D eigenvalue weighted by molar-refractivity contribution is 0.142. The molecule has 0 aromatic rings. The maximum atomic E-state index is 6.02. The minimum absolute atomic E-state index is 0.0772. The van der Waals surface area contributed by atoms with Crippen LogP contribution in [-0.4, -0.2) is 42.1 Å². The van der Waals surface area contributed by atoms with Crippen LogP contribution in [0.4, 0.5) is 0 Å². The van der Waals surface area contributed by atoms with Crippen molar-refractivity contribution in [3.8, 4) is 0 Å². The summed E-state index contributed by atoms with van der Waals surface area (Å²) in [6, 6.07) is 0.627. The van der Waals surface area contributed by atoms with Gasteiger partial charge in [-0.25, -0.2) is 0 Å². The van der Waals surface area contributed by atoms with E-state index in [9.17, 15) is 0 Å². The van der Waals surface area contributed by atoms with Gasteiger partial charge in [-0.2, -0.15) is 0 Å². The molecule has 14 heavy (non-hydrogen) atoms. The fraction of sp³-hybridized carbons (Fsp3) is 0.636. The lowest BCUT2D eigenvalue weighted by Crippen LogP contribution is -2.48. The highest BCUT2D eigenvalue weighted by atomic mass is 15.2. The van der Waals surface area contributed by atoms with Crippen molar-refractivity contribution < 1.29 is 0 Å². The Morgan fingerprint density at radius 1 is 1.21 bits per heavy atom. The van der Waals surface area contributed by atoms with E-state index in [1.807, 2.05) is 6.08 Å². The van der Waals surface area contributed by atoms with Crippen molar-refractivity contribution in [1.82, 2.24) is 9.80 Å². The summed E-state index contributed by atoms with van der Waals surface area (Å²) in [7, 11) is 2.18. The summed E-state index contributed by atoms with van der Waals surface area (Å²) in [5.41, 5.74) is 6.02. The maximum absolute atomic E-state index is 6.02. The number of likely N-dealkylation sites (tertiary alicyclic amines) is 1. The van der Waals surface area contributed by atoms with E-state index in [4.69, 9.17) is 5.73 Å². The van der Waals surface area contributed by atoms with Gasteiger partial charge in [-0.3, -0.25) is 0 Å². The maximum Gasteiger partial charge on any atom is 0.0962 e. The van der Waals surface area contributed by atoms with Gasteiger partial charge in [0.25, 0.3) is 0 Å². The van der Waals surface area contributed by atoms with Crippen molar-refractivity contribution in [2.24, 2.45) is 5.73 Å². The van der Waals surface area contributed by atoms with Crippen LogP contribution < -0.4 is 5.73 Å². The Bertz CT molecular complexity index is 239. The Balaban J connectivity index is 1.95. The highest BCUT2D eigenvalue weighted by Crippen LogP contribution is 2.19. The van der Waals surface area contributed by atoms with Gasteiger partial charge in [0.2, 0.25) is 0 Å². The Morgan fingerprint density at radius 2 is 1.93 bits per heavy atom. The smallest absolute Gasteiger partial charge is 0.0962 e. The minimum Gasteiger partial charge on any atom is -0.356 e. The van der Waals surface area contributed by atoms with Crippen molar-refractivity contribution in [1.29, 1.82) is 0 Å². The highest BCUT2D eigenvalue weighted by molar-refractivity contribution is 5.13. The predicted molar refractivity (Wildman–Crippen MR) is 58.6 cm³/mol. The van der Waals surface area contributed by atoms with Gasteiger partial charge in [-0.1, -0.05) is 6.08 Å². The van der Waals surface area contributed by atoms with Crippen LogP contribution in [0.25, 0.3) is 0 Å². The lowest BCUT2D eigenvalue weighted by Gasteiger charge is -2.39. The molecule has 3 nitrogen and oxygen atoms in total. The first-order valence-electron chi connectivity index (χ1n) is 5.34. The average molecular weight is 193 g/mol. The predicted octanol–water partition coefficient (Wildman–Crippen LogP) is 0.751. The van der Waals surface area contributed by atoms with E-state index < -0.39 is 0 Å². The highest BCUT2D eigenvalue weighted by Gasteiger charge is 2.24. The summed E-state index contributed by atoms with van der Waals surface area (Å²) >= 11 is 0. The molecule has 0 amide bonds. The number of hydrogen-bond donors (Lipinski definition) is 1. The summed E-state index contributed by atoms with van der Waals surface area (Å²) in [5, 5.41) is 0. The molecule has 1 saturated heterocycles. The summed E-state index contributed by atoms with van der Waals surface area (Å²) in [6.07, 6.45) is 10.8. The molecule has 1 atom stereocenters. The fourth-order valence-electron chi connectivity index (χ4n) is 2.18. The molecule has 0 aromatic heterocycles. The summed E-state index contributed by atoms with van der Waals surface area (Å²) in [4.78, 5) is 4.67. The van der Waals surface area contributed by atoms with Crippen LogP contribution >= 0.6 is 0 Å². The Labute approximate surface area is 85.9 Å². The SMILES string of the molecule is CN1CCC(N2C=CC=CC2N)CC1. The molecule has 2 heterocycles. The number of hydrogen-bond acceptors (Lipinski definition) is 3. The van der Waals surface area contributed by atoms with Gasteiger partial charge in [0.05, 0.1) is 6.17 Å². The second kappa shape index (κ2) is 4.15. The Kier molecular flexibility index (Phi) is 2.89. The molecule has 3 heteroatoms. The summed E-state index contributed by atoms with van der Waals surface area (Å²) in [6.45, 7) is 2.37. The molecule has 0 saturated carbocycles. The van der Waals surface area contributed by atoms with E-state index in [1.165, 1.54) is 25.9 Å². The monoisotopic (exact) mass is 193 g/mol. The van der Waals surface area contributed by atoms with Gasteiger partial charge < -0.3 is 15.5 Å². The molecular formula is C11H19N3. The molecule has 2 N–H and O–H groups in total. The van der Waals surface area contributed by atoms with E-state index in [1.54, 1.807) is 0 Å². The zero-order valence-electron chi connectivity index (χ0n) is 8.76. The molecular weight excluding hydrogens is 174 g/mol. The second-order valence-corrected chi connectivity index (χ2v) is 4.20.